The predicted octanol–water partition coefficient (Wildman–Crippen LogP) is 2.81. The van der Waals surface area contributed by atoms with Crippen LogP contribution in [0.3, 0.4) is 0 Å². The van der Waals surface area contributed by atoms with Gasteiger partial charge in [-0.3, -0.25) is 0 Å². The minimum atomic E-state index is -3.60. The summed E-state index contributed by atoms with van der Waals surface area (Å²) in [7, 11) is -2.03. The second-order valence-electron chi connectivity index (χ2n) is 4.73. The molecule has 7 heteroatoms. The molecule has 1 heterocycles. The summed E-state index contributed by atoms with van der Waals surface area (Å²) in [6.07, 6.45) is 1.66. The maximum Gasteiger partial charge on any atom is 0.241 e. The van der Waals surface area contributed by atoms with Gasteiger partial charge in [-0.1, -0.05) is 0 Å². The molecule has 1 N–H and O–H groups in total. The maximum absolute atomic E-state index is 12.5. The van der Waals surface area contributed by atoms with E-state index in [1.807, 2.05) is 12.3 Å². The van der Waals surface area contributed by atoms with Crippen molar-refractivity contribution >= 4 is 21.4 Å². The normalized spacial score (nSPS) is 13.1. The van der Waals surface area contributed by atoms with Crippen molar-refractivity contribution in [3.05, 3.63) is 39.8 Å². The Labute approximate surface area is 129 Å². The minimum absolute atomic E-state index is 0.268. The van der Waals surface area contributed by atoms with Crippen molar-refractivity contribution in [1.29, 1.82) is 0 Å². The fourth-order valence-electron chi connectivity index (χ4n) is 2.08. The molecule has 2 rings (SSSR count). The number of hydrogen-bond acceptors (Lipinski definition) is 5. The van der Waals surface area contributed by atoms with Gasteiger partial charge in [0.05, 0.1) is 18.0 Å². The Morgan fingerprint density at radius 2 is 2.00 bits per heavy atom. The van der Waals surface area contributed by atoms with Crippen LogP contribution >= 0.6 is 11.3 Å². The molecule has 1 aromatic carbocycles. The van der Waals surface area contributed by atoms with E-state index in [4.69, 9.17) is 4.74 Å². The molecule has 0 amide bonds. The number of aromatic nitrogens is 1. The van der Waals surface area contributed by atoms with Crippen molar-refractivity contribution in [2.45, 2.75) is 31.7 Å². The largest absolute Gasteiger partial charge is 0.496 e. The highest BCUT2D eigenvalue weighted by Crippen LogP contribution is 2.28. The molecular weight excluding hydrogens is 308 g/mol. The molecule has 5 nitrogen and oxygen atoms in total. The highest BCUT2D eigenvalue weighted by atomic mass is 32.2. The lowest BCUT2D eigenvalue weighted by Crippen LogP contribution is -2.27. The van der Waals surface area contributed by atoms with E-state index in [2.05, 4.69) is 9.71 Å². The van der Waals surface area contributed by atoms with E-state index in [1.54, 1.807) is 39.3 Å². The van der Waals surface area contributed by atoms with Gasteiger partial charge >= 0.3 is 0 Å². The molecule has 2 aromatic rings. The molecule has 0 saturated carbocycles. The fraction of sp³-hybridized carbons (Fsp3) is 0.357. The molecule has 0 aliphatic heterocycles. The topological polar surface area (TPSA) is 68.3 Å². The second kappa shape index (κ2) is 6.13. The summed E-state index contributed by atoms with van der Waals surface area (Å²) in [5, 5.41) is 2.56. The zero-order chi connectivity index (χ0) is 15.6. The zero-order valence-electron chi connectivity index (χ0n) is 12.4. The molecule has 0 radical (unpaired) electrons. The third-order valence-corrected chi connectivity index (χ3v) is 5.99. The lowest BCUT2D eigenvalue weighted by atomic mass is 10.1. The number of nitrogens with zero attached hydrogens (tertiary/aromatic N) is 1. The molecular formula is C14H18N2O3S2. The standard InChI is InChI=1S/C14H18N2O3S2/c1-9-10(2)13(6-5-12(9)19-4)21(17,18)16-11(3)14-15-7-8-20-14/h5-8,11,16H,1-4H3. The van der Waals surface area contributed by atoms with E-state index in [1.165, 1.54) is 11.3 Å². The van der Waals surface area contributed by atoms with E-state index in [0.29, 0.717) is 11.3 Å². The number of benzene rings is 1. The van der Waals surface area contributed by atoms with E-state index in [9.17, 15) is 8.42 Å². The molecule has 1 atom stereocenters. The molecule has 1 aromatic heterocycles. The summed E-state index contributed by atoms with van der Waals surface area (Å²) in [6.45, 7) is 5.40. The van der Waals surface area contributed by atoms with Crippen LogP contribution in [0.5, 0.6) is 5.75 Å². The van der Waals surface area contributed by atoms with Gasteiger partial charge in [0.25, 0.3) is 0 Å². The van der Waals surface area contributed by atoms with Crippen molar-refractivity contribution in [3.8, 4) is 5.75 Å². The van der Waals surface area contributed by atoms with Crippen LogP contribution in [0.1, 0.15) is 29.1 Å². The van der Waals surface area contributed by atoms with Gasteiger partial charge in [0.15, 0.2) is 0 Å². The van der Waals surface area contributed by atoms with Gasteiger partial charge in [0, 0.05) is 11.6 Å². The van der Waals surface area contributed by atoms with Crippen LogP contribution in [-0.4, -0.2) is 20.5 Å². The van der Waals surface area contributed by atoms with Gasteiger partial charge in [-0.25, -0.2) is 18.1 Å². The number of ether oxygens (including phenoxy) is 1. The van der Waals surface area contributed by atoms with Crippen molar-refractivity contribution in [2.75, 3.05) is 7.11 Å². The fourth-order valence-corrected chi connectivity index (χ4v) is 4.31. The highest BCUT2D eigenvalue weighted by molar-refractivity contribution is 7.89. The van der Waals surface area contributed by atoms with Crippen LogP contribution < -0.4 is 9.46 Å². The van der Waals surface area contributed by atoms with Gasteiger partial charge in [0.1, 0.15) is 10.8 Å². The van der Waals surface area contributed by atoms with Crippen molar-refractivity contribution < 1.29 is 13.2 Å². The van der Waals surface area contributed by atoms with Crippen LogP contribution in [0, 0.1) is 13.8 Å². The first-order chi connectivity index (χ1) is 9.86. The number of methoxy groups -OCH3 is 1. The summed E-state index contributed by atoms with van der Waals surface area (Å²) in [4.78, 5) is 4.40. The van der Waals surface area contributed by atoms with Crippen LogP contribution in [0.15, 0.2) is 28.6 Å². The van der Waals surface area contributed by atoms with Crippen molar-refractivity contribution in [3.63, 3.8) is 0 Å². The molecule has 0 aliphatic rings. The Morgan fingerprint density at radius 1 is 1.29 bits per heavy atom. The smallest absolute Gasteiger partial charge is 0.241 e. The maximum atomic E-state index is 12.5. The summed E-state index contributed by atoms with van der Waals surface area (Å²) >= 11 is 1.42. The van der Waals surface area contributed by atoms with Crippen LogP contribution in [0.25, 0.3) is 0 Å². The lowest BCUT2D eigenvalue weighted by molar-refractivity contribution is 0.410. The molecule has 0 fully saturated rings. The Morgan fingerprint density at radius 3 is 2.57 bits per heavy atom. The molecule has 21 heavy (non-hydrogen) atoms. The van der Waals surface area contributed by atoms with Crippen molar-refractivity contribution in [1.82, 2.24) is 9.71 Å². The Kier molecular flexibility index (Phi) is 4.65. The number of sulfonamides is 1. The first-order valence-electron chi connectivity index (χ1n) is 6.42. The third kappa shape index (κ3) is 3.25. The van der Waals surface area contributed by atoms with E-state index in [0.717, 1.165) is 10.6 Å². The van der Waals surface area contributed by atoms with E-state index >= 15 is 0 Å². The van der Waals surface area contributed by atoms with Crippen LogP contribution in [0.2, 0.25) is 0 Å². The van der Waals surface area contributed by atoms with Gasteiger partial charge in [-0.15, -0.1) is 11.3 Å². The van der Waals surface area contributed by atoms with Crippen LogP contribution in [0.4, 0.5) is 0 Å². The minimum Gasteiger partial charge on any atom is -0.496 e. The summed E-state index contributed by atoms with van der Waals surface area (Å²) in [5.41, 5.74) is 1.51. The number of rotatable bonds is 5. The van der Waals surface area contributed by atoms with Gasteiger partial charge in [-0.2, -0.15) is 0 Å². The first kappa shape index (κ1) is 15.9. The molecule has 0 bridgehead atoms. The summed E-state index contributed by atoms with van der Waals surface area (Å²) in [5.74, 6) is 0.680. The number of nitrogens with one attached hydrogen (secondary N) is 1. The average Bonchev–Trinajstić information content (AvgIpc) is 2.95. The number of thiazole rings is 1. The zero-order valence-corrected chi connectivity index (χ0v) is 14.0. The van der Waals surface area contributed by atoms with Crippen molar-refractivity contribution in [2.24, 2.45) is 0 Å². The van der Waals surface area contributed by atoms with Gasteiger partial charge in [0.2, 0.25) is 10.0 Å². The molecule has 114 valence electrons. The summed E-state index contributed by atoms with van der Waals surface area (Å²) in [6, 6.07) is 2.88. The average molecular weight is 326 g/mol. The van der Waals surface area contributed by atoms with Gasteiger partial charge in [-0.05, 0) is 44.0 Å². The lowest BCUT2D eigenvalue weighted by Gasteiger charge is -2.16. The Balaban J connectivity index is 2.34. The monoisotopic (exact) mass is 326 g/mol. The van der Waals surface area contributed by atoms with E-state index in [-0.39, 0.29) is 10.9 Å². The molecule has 0 aliphatic carbocycles. The molecule has 1 unspecified atom stereocenters. The van der Waals surface area contributed by atoms with Crippen LogP contribution in [-0.2, 0) is 10.0 Å². The van der Waals surface area contributed by atoms with E-state index < -0.39 is 10.0 Å². The highest BCUT2D eigenvalue weighted by Gasteiger charge is 2.23. The summed E-state index contributed by atoms with van der Waals surface area (Å²) < 4.78 is 32.9. The Hall–Kier alpha value is -1.44. The second-order valence-corrected chi connectivity index (χ2v) is 7.34. The SMILES string of the molecule is COc1ccc(S(=O)(=O)NC(C)c2nccs2)c(C)c1C. The quantitative estimate of drug-likeness (QED) is 0.917. The number of hydrogen-bond donors (Lipinski definition) is 1. The first-order valence-corrected chi connectivity index (χ1v) is 8.79. The third-order valence-electron chi connectivity index (χ3n) is 3.35. The van der Waals surface area contributed by atoms with Gasteiger partial charge < -0.3 is 4.74 Å². The predicted molar refractivity (Wildman–Crippen MR) is 83.3 cm³/mol. The molecule has 0 saturated heterocycles. The Bertz CT molecular complexity index is 725. The molecule has 0 spiro atoms.